The first-order valence-electron chi connectivity index (χ1n) is 7.29. The summed E-state index contributed by atoms with van der Waals surface area (Å²) < 4.78 is 10.4. The number of carboxylic acid groups (broad SMARTS) is 1. The van der Waals surface area contributed by atoms with E-state index in [1.807, 2.05) is 0 Å². The minimum Gasteiger partial charge on any atom is -0.486 e. The predicted octanol–water partition coefficient (Wildman–Crippen LogP) is 2.51. The van der Waals surface area contributed by atoms with Crippen molar-refractivity contribution in [1.82, 2.24) is 10.3 Å². The summed E-state index contributed by atoms with van der Waals surface area (Å²) in [4.78, 5) is 27.8. The number of carbonyl (C=O) groups is 2. The first-order chi connectivity index (χ1) is 11.9. The Morgan fingerprint density at radius 1 is 1.36 bits per heavy atom. The van der Waals surface area contributed by atoms with Crippen molar-refractivity contribution in [3.8, 4) is 5.75 Å². The molecule has 134 valence electrons. The highest BCUT2D eigenvalue weighted by molar-refractivity contribution is 7.13. The molecular weight excluding hydrogens is 368 g/mol. The fourth-order valence-corrected chi connectivity index (χ4v) is 2.96. The summed E-state index contributed by atoms with van der Waals surface area (Å²) in [5.41, 5.74) is 0.557. The average molecular weight is 385 g/mol. The molecule has 0 fully saturated rings. The smallest absolute Gasteiger partial charge is 0.334 e. The van der Waals surface area contributed by atoms with Crippen LogP contribution in [0.25, 0.3) is 0 Å². The molecule has 2 N–H and O–H groups in total. The standard InChI is InChI=1S/C16H17ClN2O5S/c1-9-14(15(20)18-7-12(23-2)16(21)22)25-13(19-9)8-24-11-5-3-10(17)4-6-11/h3-6,12H,7-8H2,1-2H3,(H,18,20)(H,21,22). The second kappa shape index (κ2) is 8.80. The number of ether oxygens (including phenoxy) is 2. The van der Waals surface area contributed by atoms with Crippen LogP contribution in [0.4, 0.5) is 0 Å². The maximum atomic E-state index is 12.2. The fraction of sp³-hybridized carbons (Fsp3) is 0.312. The lowest BCUT2D eigenvalue weighted by atomic mass is 10.3. The fourth-order valence-electron chi connectivity index (χ4n) is 1.94. The number of halogens is 1. The van der Waals surface area contributed by atoms with Gasteiger partial charge in [0.15, 0.2) is 6.10 Å². The van der Waals surface area contributed by atoms with Crippen LogP contribution in [-0.2, 0) is 16.1 Å². The van der Waals surface area contributed by atoms with Gasteiger partial charge in [-0.05, 0) is 31.2 Å². The third-order valence-electron chi connectivity index (χ3n) is 3.23. The number of hydrogen-bond donors (Lipinski definition) is 2. The molecule has 1 aromatic heterocycles. The van der Waals surface area contributed by atoms with E-state index < -0.39 is 18.0 Å². The maximum absolute atomic E-state index is 12.2. The van der Waals surface area contributed by atoms with E-state index in [4.69, 9.17) is 26.2 Å². The van der Waals surface area contributed by atoms with Crippen molar-refractivity contribution in [2.75, 3.05) is 13.7 Å². The summed E-state index contributed by atoms with van der Waals surface area (Å²) in [6, 6.07) is 6.93. The Labute approximate surface area is 153 Å². The quantitative estimate of drug-likeness (QED) is 0.725. The van der Waals surface area contributed by atoms with Crippen LogP contribution >= 0.6 is 22.9 Å². The number of rotatable bonds is 8. The molecule has 1 amide bonds. The van der Waals surface area contributed by atoms with Gasteiger partial charge in [0.1, 0.15) is 22.2 Å². The van der Waals surface area contributed by atoms with Gasteiger partial charge in [-0.15, -0.1) is 11.3 Å². The van der Waals surface area contributed by atoms with E-state index in [0.29, 0.717) is 26.4 Å². The van der Waals surface area contributed by atoms with Gasteiger partial charge >= 0.3 is 5.97 Å². The molecule has 0 bridgehead atoms. The minimum absolute atomic E-state index is 0.126. The number of carboxylic acids is 1. The number of aliphatic carboxylic acids is 1. The second-order valence-electron chi connectivity index (χ2n) is 5.04. The summed E-state index contributed by atoms with van der Waals surface area (Å²) in [5.74, 6) is -0.885. The molecule has 0 aliphatic rings. The van der Waals surface area contributed by atoms with Gasteiger partial charge in [0.05, 0.1) is 12.2 Å². The number of nitrogens with zero attached hydrogens (tertiary/aromatic N) is 1. The molecule has 7 nitrogen and oxygen atoms in total. The SMILES string of the molecule is COC(CNC(=O)c1sc(COc2ccc(Cl)cc2)nc1C)C(=O)O. The number of nitrogens with one attached hydrogen (secondary N) is 1. The van der Waals surface area contributed by atoms with Crippen molar-refractivity contribution < 1.29 is 24.2 Å². The number of hydrogen-bond acceptors (Lipinski definition) is 6. The Kier molecular flexibility index (Phi) is 6.74. The summed E-state index contributed by atoms with van der Waals surface area (Å²) in [6.07, 6.45) is -1.09. The highest BCUT2D eigenvalue weighted by Crippen LogP contribution is 2.21. The molecular formula is C16H17ClN2O5S. The van der Waals surface area contributed by atoms with Crippen LogP contribution < -0.4 is 10.1 Å². The van der Waals surface area contributed by atoms with Gasteiger partial charge in [-0.25, -0.2) is 9.78 Å². The van der Waals surface area contributed by atoms with E-state index in [9.17, 15) is 9.59 Å². The Bertz CT molecular complexity index is 747. The number of benzene rings is 1. The molecule has 1 atom stereocenters. The number of thiazole rings is 1. The topological polar surface area (TPSA) is 97.8 Å². The minimum atomic E-state index is -1.14. The summed E-state index contributed by atoms with van der Waals surface area (Å²) in [7, 11) is 1.27. The van der Waals surface area contributed by atoms with Crippen LogP contribution in [-0.4, -0.2) is 41.7 Å². The monoisotopic (exact) mass is 384 g/mol. The summed E-state index contributed by atoms with van der Waals surface area (Å²) in [6.45, 7) is 1.80. The van der Waals surface area contributed by atoms with Crippen LogP contribution in [0.15, 0.2) is 24.3 Å². The third kappa shape index (κ3) is 5.42. The molecule has 2 rings (SSSR count). The zero-order chi connectivity index (χ0) is 18.4. The number of methoxy groups -OCH3 is 1. The zero-order valence-corrected chi connectivity index (χ0v) is 15.2. The van der Waals surface area contributed by atoms with E-state index in [0.717, 1.165) is 0 Å². The predicted molar refractivity (Wildman–Crippen MR) is 93.4 cm³/mol. The highest BCUT2D eigenvalue weighted by atomic mass is 35.5. The van der Waals surface area contributed by atoms with Gasteiger partial charge in [0.2, 0.25) is 0 Å². The van der Waals surface area contributed by atoms with Crippen LogP contribution in [0.3, 0.4) is 0 Å². The number of aromatic nitrogens is 1. The van der Waals surface area contributed by atoms with E-state index in [1.54, 1.807) is 31.2 Å². The number of amides is 1. The van der Waals surface area contributed by atoms with Gasteiger partial charge in [-0.2, -0.15) is 0 Å². The van der Waals surface area contributed by atoms with Gasteiger partial charge in [-0.1, -0.05) is 11.6 Å². The molecule has 0 spiro atoms. The van der Waals surface area contributed by atoms with Gasteiger partial charge < -0.3 is 19.9 Å². The van der Waals surface area contributed by atoms with Crippen molar-refractivity contribution in [2.24, 2.45) is 0 Å². The zero-order valence-electron chi connectivity index (χ0n) is 13.6. The third-order valence-corrected chi connectivity index (χ3v) is 4.61. The largest absolute Gasteiger partial charge is 0.486 e. The van der Waals surface area contributed by atoms with E-state index >= 15 is 0 Å². The molecule has 1 heterocycles. The molecule has 0 aliphatic carbocycles. The molecule has 0 aliphatic heterocycles. The molecule has 2 aromatic rings. The van der Waals surface area contributed by atoms with Crippen molar-refractivity contribution in [3.63, 3.8) is 0 Å². The lowest BCUT2D eigenvalue weighted by Crippen LogP contribution is -2.37. The van der Waals surface area contributed by atoms with E-state index in [-0.39, 0.29) is 13.2 Å². The lowest BCUT2D eigenvalue weighted by molar-refractivity contribution is -0.148. The second-order valence-corrected chi connectivity index (χ2v) is 6.56. The van der Waals surface area contributed by atoms with Crippen LogP contribution in [0.1, 0.15) is 20.4 Å². The van der Waals surface area contributed by atoms with Crippen molar-refractivity contribution >= 4 is 34.8 Å². The molecule has 9 heteroatoms. The van der Waals surface area contributed by atoms with Crippen molar-refractivity contribution in [2.45, 2.75) is 19.6 Å². The van der Waals surface area contributed by atoms with Gasteiger partial charge in [0, 0.05) is 12.1 Å². The van der Waals surface area contributed by atoms with Crippen LogP contribution in [0, 0.1) is 6.92 Å². The first-order valence-corrected chi connectivity index (χ1v) is 8.48. The van der Waals surface area contributed by atoms with Gasteiger partial charge in [0.25, 0.3) is 5.91 Å². The Balaban J connectivity index is 1.95. The molecule has 25 heavy (non-hydrogen) atoms. The van der Waals surface area contributed by atoms with Crippen molar-refractivity contribution in [3.05, 3.63) is 44.9 Å². The number of aryl methyl sites for hydroxylation is 1. The Morgan fingerprint density at radius 3 is 2.64 bits per heavy atom. The molecule has 1 aromatic carbocycles. The molecule has 0 radical (unpaired) electrons. The summed E-state index contributed by atoms with van der Waals surface area (Å²) >= 11 is 7.01. The number of carbonyl (C=O) groups excluding carboxylic acids is 1. The normalized spacial score (nSPS) is 11.8. The van der Waals surface area contributed by atoms with E-state index in [1.165, 1.54) is 18.4 Å². The lowest BCUT2D eigenvalue weighted by Gasteiger charge is -2.10. The maximum Gasteiger partial charge on any atom is 0.334 e. The van der Waals surface area contributed by atoms with Crippen molar-refractivity contribution in [1.29, 1.82) is 0 Å². The molecule has 0 saturated heterocycles. The average Bonchev–Trinajstić information content (AvgIpc) is 2.95. The first kappa shape index (κ1) is 19.2. The van der Waals surface area contributed by atoms with Gasteiger partial charge in [-0.3, -0.25) is 4.79 Å². The Hall–Kier alpha value is -2.16. The van der Waals surface area contributed by atoms with Crippen LogP contribution in [0.2, 0.25) is 5.02 Å². The molecule has 1 unspecified atom stereocenters. The highest BCUT2D eigenvalue weighted by Gasteiger charge is 2.20. The Morgan fingerprint density at radius 2 is 2.04 bits per heavy atom. The van der Waals surface area contributed by atoms with E-state index in [2.05, 4.69) is 10.3 Å². The van der Waals surface area contributed by atoms with Crippen LogP contribution in [0.5, 0.6) is 5.75 Å². The summed E-state index contributed by atoms with van der Waals surface area (Å²) in [5, 5.41) is 12.7. The molecule has 0 saturated carbocycles.